The van der Waals surface area contributed by atoms with Crippen LogP contribution in [0.4, 0.5) is 5.69 Å². The molecule has 2 aromatic rings. The maximum Gasteiger partial charge on any atom is 0.253 e. The Hall–Kier alpha value is -2.15. The Kier molecular flexibility index (Phi) is 5.63. The van der Waals surface area contributed by atoms with Crippen LogP contribution in [0.2, 0.25) is 0 Å². The zero-order valence-corrected chi connectivity index (χ0v) is 19.0. The van der Waals surface area contributed by atoms with Crippen molar-refractivity contribution < 1.29 is 14.3 Å². The van der Waals surface area contributed by atoms with Crippen molar-refractivity contribution in [2.45, 2.75) is 55.1 Å². The first-order valence-corrected chi connectivity index (χ1v) is 12.0. The van der Waals surface area contributed by atoms with Crippen molar-refractivity contribution in [3.8, 4) is 0 Å². The van der Waals surface area contributed by atoms with Gasteiger partial charge < -0.3 is 14.4 Å². The second-order valence-corrected chi connectivity index (χ2v) is 9.58. The molecule has 6 heteroatoms. The van der Waals surface area contributed by atoms with Crippen LogP contribution in [0, 0.1) is 6.92 Å². The lowest BCUT2D eigenvalue weighted by atomic mass is 10.0. The number of ether oxygens (including phenoxy) is 2. The van der Waals surface area contributed by atoms with Gasteiger partial charge in [0.25, 0.3) is 5.91 Å². The summed E-state index contributed by atoms with van der Waals surface area (Å²) in [6, 6.07) is 12.5. The van der Waals surface area contributed by atoms with Crippen molar-refractivity contribution in [2.75, 3.05) is 26.3 Å². The highest BCUT2D eigenvalue weighted by molar-refractivity contribution is 7.99. The zero-order valence-electron chi connectivity index (χ0n) is 18.1. The van der Waals surface area contributed by atoms with Crippen LogP contribution in [-0.2, 0) is 9.47 Å². The fourth-order valence-corrected chi connectivity index (χ4v) is 5.56. The van der Waals surface area contributed by atoms with Gasteiger partial charge in [-0.05, 0) is 43.7 Å². The molecular weight excluding hydrogens is 408 g/mol. The highest BCUT2D eigenvalue weighted by Crippen LogP contribution is 2.42. The molecule has 3 heterocycles. The summed E-state index contributed by atoms with van der Waals surface area (Å²) in [5, 5.41) is 0. The third-order valence-electron chi connectivity index (χ3n) is 6.24. The largest absolute Gasteiger partial charge is 0.347 e. The molecule has 0 aliphatic carbocycles. The van der Waals surface area contributed by atoms with Crippen LogP contribution in [0.3, 0.4) is 0 Å². The van der Waals surface area contributed by atoms with Gasteiger partial charge in [-0.3, -0.25) is 9.79 Å². The topological polar surface area (TPSA) is 51.1 Å². The minimum atomic E-state index is -0.468. The van der Waals surface area contributed by atoms with E-state index in [2.05, 4.69) is 32.0 Å². The number of likely N-dealkylation sites (tertiary alicyclic amines) is 1. The average Bonchev–Trinajstić information content (AvgIpc) is 3.17. The van der Waals surface area contributed by atoms with E-state index in [0.717, 1.165) is 42.0 Å². The Morgan fingerprint density at radius 1 is 1.10 bits per heavy atom. The quantitative estimate of drug-likeness (QED) is 0.650. The maximum absolute atomic E-state index is 13.2. The summed E-state index contributed by atoms with van der Waals surface area (Å²) in [5.74, 6) is -0.407. The predicted molar refractivity (Wildman–Crippen MR) is 123 cm³/mol. The molecule has 5 rings (SSSR count). The summed E-state index contributed by atoms with van der Waals surface area (Å²) in [7, 11) is 0. The highest BCUT2D eigenvalue weighted by Gasteiger charge is 2.40. The molecular formula is C25H28N2O3S. The molecule has 0 atom stereocenters. The molecule has 3 aliphatic heterocycles. The number of fused-ring (bicyclic) bond motifs is 2. The van der Waals surface area contributed by atoms with Gasteiger partial charge in [0.2, 0.25) is 0 Å². The van der Waals surface area contributed by atoms with Gasteiger partial charge in [-0.1, -0.05) is 36.7 Å². The summed E-state index contributed by atoms with van der Waals surface area (Å²) < 4.78 is 11.6. The van der Waals surface area contributed by atoms with Crippen LogP contribution in [0.15, 0.2) is 51.2 Å². The van der Waals surface area contributed by atoms with E-state index in [-0.39, 0.29) is 5.91 Å². The summed E-state index contributed by atoms with van der Waals surface area (Å²) in [6.07, 6.45) is 3.41. The van der Waals surface area contributed by atoms with E-state index in [9.17, 15) is 4.79 Å². The molecule has 0 N–H and O–H groups in total. The smallest absolute Gasteiger partial charge is 0.253 e. The molecule has 0 bridgehead atoms. The van der Waals surface area contributed by atoms with E-state index in [0.29, 0.717) is 31.9 Å². The van der Waals surface area contributed by atoms with Crippen molar-refractivity contribution in [1.82, 2.24) is 4.90 Å². The van der Waals surface area contributed by atoms with Crippen molar-refractivity contribution in [3.05, 3.63) is 53.1 Å². The Balaban J connectivity index is 1.42. The van der Waals surface area contributed by atoms with E-state index in [4.69, 9.17) is 14.5 Å². The lowest BCUT2D eigenvalue weighted by Crippen LogP contribution is -2.47. The van der Waals surface area contributed by atoms with Gasteiger partial charge >= 0.3 is 0 Å². The van der Waals surface area contributed by atoms with E-state index < -0.39 is 5.79 Å². The number of hydrogen-bond donors (Lipinski definition) is 0. The predicted octanol–water partition coefficient (Wildman–Crippen LogP) is 5.36. The standard InChI is InChI=1S/C25H28N2O3S/c1-3-4-20-19-15-17(2)5-7-22(19)31-23-8-6-18(16-21(23)26-20)24(28)27-11-9-25(10-12-27)29-13-14-30-25/h5-8,15-16H,3-4,9-14H2,1-2H3. The molecule has 2 fully saturated rings. The molecule has 0 unspecified atom stereocenters. The minimum absolute atomic E-state index is 0.0606. The molecule has 5 nitrogen and oxygen atoms in total. The number of carbonyl (C=O) groups is 1. The van der Waals surface area contributed by atoms with E-state index >= 15 is 0 Å². The van der Waals surface area contributed by atoms with Crippen LogP contribution >= 0.6 is 11.8 Å². The molecule has 2 saturated heterocycles. The van der Waals surface area contributed by atoms with Gasteiger partial charge in [-0.15, -0.1) is 0 Å². The lowest BCUT2D eigenvalue weighted by molar-refractivity contribution is -0.181. The third-order valence-corrected chi connectivity index (χ3v) is 7.38. The second kappa shape index (κ2) is 8.41. The summed E-state index contributed by atoms with van der Waals surface area (Å²) in [4.78, 5) is 22.5. The van der Waals surface area contributed by atoms with Gasteiger partial charge in [0.15, 0.2) is 5.79 Å². The Morgan fingerprint density at radius 3 is 2.58 bits per heavy atom. The fraction of sp³-hybridized carbons (Fsp3) is 0.440. The molecule has 31 heavy (non-hydrogen) atoms. The SMILES string of the molecule is CCCC1=Nc2cc(C(=O)N3CCC4(CC3)OCCO4)ccc2Sc2ccc(C)cc21. The van der Waals surface area contributed by atoms with Crippen LogP contribution in [0.25, 0.3) is 0 Å². The number of piperidine rings is 1. The normalized spacial score (nSPS) is 19.5. The number of rotatable bonds is 3. The Labute approximate surface area is 187 Å². The number of hydrogen-bond acceptors (Lipinski definition) is 5. The molecule has 1 amide bonds. The number of aliphatic imine (C=N–C) groups is 1. The first-order chi connectivity index (χ1) is 15.1. The molecule has 162 valence electrons. The number of aryl methyl sites for hydroxylation is 1. The fourth-order valence-electron chi connectivity index (χ4n) is 4.55. The maximum atomic E-state index is 13.2. The van der Waals surface area contributed by atoms with Gasteiger partial charge in [0.05, 0.1) is 18.9 Å². The molecule has 1 spiro atoms. The lowest BCUT2D eigenvalue weighted by Gasteiger charge is -2.37. The molecule has 2 aromatic carbocycles. The molecule has 3 aliphatic rings. The van der Waals surface area contributed by atoms with Gasteiger partial charge in [0.1, 0.15) is 0 Å². The van der Waals surface area contributed by atoms with Crippen molar-refractivity contribution in [1.29, 1.82) is 0 Å². The van der Waals surface area contributed by atoms with E-state index in [1.807, 2.05) is 23.1 Å². The monoisotopic (exact) mass is 436 g/mol. The summed E-state index contributed by atoms with van der Waals surface area (Å²) in [5.41, 5.74) is 5.15. The third kappa shape index (κ3) is 4.04. The van der Waals surface area contributed by atoms with Gasteiger partial charge in [0, 0.05) is 52.6 Å². The van der Waals surface area contributed by atoms with Crippen LogP contribution in [-0.4, -0.2) is 48.6 Å². The number of amides is 1. The van der Waals surface area contributed by atoms with Crippen molar-refractivity contribution >= 4 is 29.1 Å². The van der Waals surface area contributed by atoms with E-state index in [1.54, 1.807) is 11.8 Å². The summed E-state index contributed by atoms with van der Waals surface area (Å²) >= 11 is 1.74. The first-order valence-electron chi connectivity index (χ1n) is 11.1. The molecule has 0 saturated carbocycles. The van der Waals surface area contributed by atoms with Crippen molar-refractivity contribution in [2.24, 2.45) is 4.99 Å². The Morgan fingerprint density at radius 2 is 1.84 bits per heavy atom. The van der Waals surface area contributed by atoms with Crippen LogP contribution in [0.5, 0.6) is 0 Å². The first kappa shape index (κ1) is 20.7. The molecule has 0 aromatic heterocycles. The number of carbonyl (C=O) groups excluding carboxylic acids is 1. The van der Waals surface area contributed by atoms with Crippen molar-refractivity contribution in [3.63, 3.8) is 0 Å². The average molecular weight is 437 g/mol. The van der Waals surface area contributed by atoms with Gasteiger partial charge in [-0.2, -0.15) is 0 Å². The van der Waals surface area contributed by atoms with Crippen LogP contribution in [0.1, 0.15) is 54.1 Å². The minimum Gasteiger partial charge on any atom is -0.347 e. The highest BCUT2D eigenvalue weighted by atomic mass is 32.2. The van der Waals surface area contributed by atoms with Crippen LogP contribution < -0.4 is 0 Å². The van der Waals surface area contributed by atoms with Gasteiger partial charge in [-0.25, -0.2) is 0 Å². The summed E-state index contributed by atoms with van der Waals surface area (Å²) in [6.45, 7) is 6.90. The van der Waals surface area contributed by atoms with E-state index in [1.165, 1.54) is 16.0 Å². The second-order valence-electron chi connectivity index (χ2n) is 8.49. The number of nitrogens with zero attached hydrogens (tertiary/aromatic N) is 2. The molecule has 0 radical (unpaired) electrons. The zero-order chi connectivity index (χ0) is 21.4. The Bertz CT molecular complexity index is 1030. The number of benzene rings is 2.